The number of hydrogen-bond acceptors (Lipinski definition) is 4. The highest BCUT2D eigenvalue weighted by Gasteiger charge is 2.30. The average Bonchev–Trinajstić information content (AvgIpc) is 3.00. The molecule has 252 valence electrons. The first-order valence-electron chi connectivity index (χ1n) is 18.6. The Morgan fingerprint density at radius 3 is 1.23 bits per heavy atom. The summed E-state index contributed by atoms with van der Waals surface area (Å²) in [4.78, 5) is 24.5. The fourth-order valence-corrected chi connectivity index (χ4v) is 5.84. The van der Waals surface area contributed by atoms with Crippen LogP contribution in [0.1, 0.15) is 194 Å². The molecule has 0 saturated carbocycles. The van der Waals surface area contributed by atoms with Crippen molar-refractivity contribution in [2.45, 2.75) is 200 Å². The van der Waals surface area contributed by atoms with Gasteiger partial charge in [0, 0.05) is 6.92 Å². The van der Waals surface area contributed by atoms with Crippen LogP contribution in [0.15, 0.2) is 24.3 Å². The topological polar surface area (TPSA) is 52.6 Å². The van der Waals surface area contributed by atoms with E-state index in [2.05, 4.69) is 38.2 Å². The van der Waals surface area contributed by atoms with Crippen LogP contribution in [0, 0.1) is 5.92 Å². The highest BCUT2D eigenvalue weighted by atomic mass is 16.6. The Labute approximate surface area is 268 Å². The lowest BCUT2D eigenvalue weighted by Gasteiger charge is -2.25. The van der Waals surface area contributed by atoms with E-state index < -0.39 is 0 Å². The molecular formula is C39H72O4. The maximum atomic E-state index is 12.6. The first-order chi connectivity index (χ1) is 21.1. The predicted molar refractivity (Wildman–Crippen MR) is 185 cm³/mol. The number of esters is 2. The lowest BCUT2D eigenvalue weighted by Crippen LogP contribution is -2.33. The number of rotatable bonds is 32. The Morgan fingerprint density at radius 1 is 0.512 bits per heavy atom. The van der Waals surface area contributed by atoms with Gasteiger partial charge in [-0.2, -0.15) is 0 Å². The Kier molecular flexibility index (Phi) is 32.1. The van der Waals surface area contributed by atoms with Crippen molar-refractivity contribution in [2.24, 2.45) is 5.92 Å². The van der Waals surface area contributed by atoms with Crippen LogP contribution in [0.3, 0.4) is 0 Å². The Morgan fingerprint density at radius 2 is 0.860 bits per heavy atom. The zero-order valence-corrected chi connectivity index (χ0v) is 29.2. The molecule has 4 nitrogen and oxygen atoms in total. The zero-order valence-electron chi connectivity index (χ0n) is 29.2. The van der Waals surface area contributed by atoms with Crippen LogP contribution in [-0.2, 0) is 19.1 Å². The lowest BCUT2D eigenvalue weighted by molar-refractivity contribution is -0.160. The molecule has 2 atom stereocenters. The van der Waals surface area contributed by atoms with Crippen molar-refractivity contribution < 1.29 is 19.1 Å². The van der Waals surface area contributed by atoms with E-state index in [1.54, 1.807) is 0 Å². The maximum Gasteiger partial charge on any atom is 0.312 e. The minimum Gasteiger partial charge on any atom is -0.469 e. The summed E-state index contributed by atoms with van der Waals surface area (Å²) in [6.07, 6.45) is 41.7. The second-order valence-corrected chi connectivity index (χ2v) is 12.7. The summed E-state index contributed by atoms with van der Waals surface area (Å²) < 4.78 is 10.8. The second kappa shape index (κ2) is 33.3. The largest absolute Gasteiger partial charge is 0.469 e. The Balaban J connectivity index is 4.12. The standard InChI is InChI=1S/C39H72O4/c1-5-7-9-11-13-15-17-19-21-23-25-27-29-31-33-35-38(43-36(3)40)37(39(41)42-4)34-32-30-28-26-24-22-20-18-16-14-12-10-8-6-2/h19-22,37-38H,5-18,23-35H2,1-4H3. The first kappa shape index (κ1) is 41.4. The highest BCUT2D eigenvalue weighted by molar-refractivity contribution is 5.74. The van der Waals surface area contributed by atoms with Crippen molar-refractivity contribution in [3.63, 3.8) is 0 Å². The molecule has 0 aromatic heterocycles. The molecule has 0 aliphatic heterocycles. The van der Waals surface area contributed by atoms with E-state index in [4.69, 9.17) is 9.47 Å². The van der Waals surface area contributed by atoms with Gasteiger partial charge in [0.25, 0.3) is 0 Å². The van der Waals surface area contributed by atoms with Gasteiger partial charge < -0.3 is 9.47 Å². The first-order valence-corrected chi connectivity index (χ1v) is 18.6. The van der Waals surface area contributed by atoms with Gasteiger partial charge >= 0.3 is 11.9 Å². The molecule has 0 spiro atoms. The molecule has 43 heavy (non-hydrogen) atoms. The molecule has 0 rings (SSSR count). The third kappa shape index (κ3) is 28.9. The number of allylic oxidation sites excluding steroid dienone is 4. The Hall–Kier alpha value is -1.58. The number of methoxy groups -OCH3 is 1. The summed E-state index contributed by atoms with van der Waals surface area (Å²) in [5, 5.41) is 0. The van der Waals surface area contributed by atoms with Gasteiger partial charge in [0.05, 0.1) is 13.0 Å². The van der Waals surface area contributed by atoms with E-state index in [0.717, 1.165) is 44.9 Å². The lowest BCUT2D eigenvalue weighted by atomic mass is 9.91. The monoisotopic (exact) mass is 605 g/mol. The summed E-state index contributed by atoms with van der Waals surface area (Å²) in [6.45, 7) is 5.98. The molecule has 2 unspecified atom stereocenters. The van der Waals surface area contributed by atoms with Crippen molar-refractivity contribution in [3.8, 4) is 0 Å². The van der Waals surface area contributed by atoms with E-state index in [1.807, 2.05) is 0 Å². The fraction of sp³-hybridized carbons (Fsp3) is 0.846. The van der Waals surface area contributed by atoms with Crippen molar-refractivity contribution >= 4 is 11.9 Å². The molecular weight excluding hydrogens is 532 g/mol. The average molecular weight is 605 g/mol. The van der Waals surface area contributed by atoms with E-state index in [1.165, 1.54) is 142 Å². The van der Waals surface area contributed by atoms with Gasteiger partial charge in [-0.3, -0.25) is 9.59 Å². The molecule has 0 aromatic carbocycles. The SMILES string of the molecule is CCCCCCCCC=CCCCCCCCC(OC(C)=O)C(CCCCCCC=CCCCCCCCC)C(=O)OC. The highest BCUT2D eigenvalue weighted by Crippen LogP contribution is 2.24. The summed E-state index contributed by atoms with van der Waals surface area (Å²) in [6, 6.07) is 0. The van der Waals surface area contributed by atoms with E-state index in [0.29, 0.717) is 0 Å². The van der Waals surface area contributed by atoms with Crippen LogP contribution in [0.4, 0.5) is 0 Å². The molecule has 4 heteroatoms. The van der Waals surface area contributed by atoms with Gasteiger partial charge in [-0.25, -0.2) is 0 Å². The summed E-state index contributed by atoms with van der Waals surface area (Å²) in [5.41, 5.74) is 0. The molecule has 0 radical (unpaired) electrons. The summed E-state index contributed by atoms with van der Waals surface area (Å²) in [5.74, 6) is -0.904. The molecule has 0 aliphatic carbocycles. The minimum absolute atomic E-state index is 0.239. The van der Waals surface area contributed by atoms with E-state index in [9.17, 15) is 9.59 Å². The molecule has 0 amide bonds. The number of hydrogen-bond donors (Lipinski definition) is 0. The predicted octanol–water partition coefficient (Wildman–Crippen LogP) is 12.4. The van der Waals surface area contributed by atoms with E-state index >= 15 is 0 Å². The molecule has 0 heterocycles. The van der Waals surface area contributed by atoms with Gasteiger partial charge in [0.2, 0.25) is 0 Å². The molecule has 0 bridgehead atoms. The molecule has 0 aromatic rings. The van der Waals surface area contributed by atoms with Crippen LogP contribution < -0.4 is 0 Å². The second-order valence-electron chi connectivity index (χ2n) is 12.7. The molecule has 0 N–H and O–H groups in total. The Bertz CT molecular complexity index is 668. The fourth-order valence-electron chi connectivity index (χ4n) is 5.84. The number of ether oxygens (including phenoxy) is 2. The van der Waals surface area contributed by atoms with Gasteiger partial charge in [-0.15, -0.1) is 0 Å². The summed E-state index contributed by atoms with van der Waals surface area (Å²) >= 11 is 0. The van der Waals surface area contributed by atoms with Crippen molar-refractivity contribution in [3.05, 3.63) is 24.3 Å². The van der Waals surface area contributed by atoms with Gasteiger partial charge in [-0.05, 0) is 70.6 Å². The van der Waals surface area contributed by atoms with Crippen LogP contribution in [0.25, 0.3) is 0 Å². The number of carbonyl (C=O) groups excluding carboxylic acids is 2. The van der Waals surface area contributed by atoms with Gasteiger partial charge in [0.1, 0.15) is 6.10 Å². The van der Waals surface area contributed by atoms with Crippen molar-refractivity contribution in [1.29, 1.82) is 0 Å². The zero-order chi connectivity index (χ0) is 31.6. The maximum absolute atomic E-state index is 12.6. The minimum atomic E-state index is -0.375. The van der Waals surface area contributed by atoms with Crippen LogP contribution in [0.2, 0.25) is 0 Å². The van der Waals surface area contributed by atoms with Crippen LogP contribution in [-0.4, -0.2) is 25.2 Å². The summed E-state index contributed by atoms with van der Waals surface area (Å²) in [7, 11) is 1.44. The molecule has 0 aliphatic rings. The van der Waals surface area contributed by atoms with Gasteiger partial charge in [-0.1, -0.05) is 141 Å². The quantitative estimate of drug-likeness (QED) is 0.0435. The van der Waals surface area contributed by atoms with E-state index in [-0.39, 0.29) is 24.0 Å². The smallest absolute Gasteiger partial charge is 0.312 e. The van der Waals surface area contributed by atoms with Crippen molar-refractivity contribution in [2.75, 3.05) is 7.11 Å². The van der Waals surface area contributed by atoms with Crippen molar-refractivity contribution in [1.82, 2.24) is 0 Å². The molecule has 0 fully saturated rings. The van der Waals surface area contributed by atoms with Crippen LogP contribution in [0.5, 0.6) is 0 Å². The van der Waals surface area contributed by atoms with Crippen LogP contribution >= 0.6 is 0 Å². The normalized spacial score (nSPS) is 13.1. The van der Waals surface area contributed by atoms with Gasteiger partial charge in [0.15, 0.2) is 0 Å². The number of carbonyl (C=O) groups is 2. The molecule has 0 saturated heterocycles. The third-order valence-electron chi connectivity index (χ3n) is 8.55. The number of unbranched alkanes of at least 4 members (excludes halogenated alkanes) is 21. The third-order valence-corrected chi connectivity index (χ3v) is 8.55.